The SMILES string of the molecule is CC(=O)NCC(O)CC1CCC2=C(C=CCC2)CN1. The van der Waals surface area contributed by atoms with Crippen LogP contribution in [0.15, 0.2) is 23.3 Å². The molecule has 0 radical (unpaired) electrons. The Labute approximate surface area is 115 Å². The summed E-state index contributed by atoms with van der Waals surface area (Å²) in [4.78, 5) is 10.8. The van der Waals surface area contributed by atoms with Gasteiger partial charge in [0.2, 0.25) is 5.91 Å². The summed E-state index contributed by atoms with van der Waals surface area (Å²) in [6.45, 7) is 2.73. The van der Waals surface area contributed by atoms with E-state index in [1.165, 1.54) is 18.9 Å². The molecule has 1 aliphatic carbocycles. The minimum atomic E-state index is -0.466. The predicted octanol–water partition coefficient (Wildman–Crippen LogP) is 1.27. The Bertz CT molecular complexity index is 388. The number of nitrogens with one attached hydrogen (secondary N) is 2. The molecule has 2 atom stereocenters. The van der Waals surface area contributed by atoms with Crippen molar-refractivity contribution in [3.05, 3.63) is 23.3 Å². The summed E-state index contributed by atoms with van der Waals surface area (Å²) in [7, 11) is 0. The first-order valence-corrected chi connectivity index (χ1v) is 7.18. The van der Waals surface area contributed by atoms with E-state index in [0.717, 1.165) is 25.8 Å². The number of aliphatic hydroxyl groups is 1. The average Bonchev–Trinajstić information content (AvgIpc) is 2.59. The normalized spacial score (nSPS) is 24.6. The van der Waals surface area contributed by atoms with Gasteiger partial charge in [-0.2, -0.15) is 0 Å². The number of amides is 1. The topological polar surface area (TPSA) is 61.4 Å². The highest BCUT2D eigenvalue weighted by molar-refractivity contribution is 5.72. The Kier molecular flexibility index (Phi) is 5.16. The van der Waals surface area contributed by atoms with E-state index in [9.17, 15) is 9.90 Å². The number of carbonyl (C=O) groups excluding carboxylic acids is 1. The lowest BCUT2D eigenvalue weighted by molar-refractivity contribution is -0.119. The molecule has 0 aromatic rings. The van der Waals surface area contributed by atoms with Crippen LogP contribution >= 0.6 is 0 Å². The molecular formula is C15H24N2O2. The minimum absolute atomic E-state index is 0.0878. The molecule has 3 N–H and O–H groups in total. The standard InChI is InChI=1S/C15H24N2O2/c1-11(18)16-10-15(19)8-14-7-6-12-4-2-3-5-13(12)9-17-14/h3,5,14-15,17,19H,2,4,6-10H2,1H3,(H,16,18). The van der Waals surface area contributed by atoms with Gasteiger partial charge in [-0.3, -0.25) is 4.79 Å². The van der Waals surface area contributed by atoms with Gasteiger partial charge >= 0.3 is 0 Å². The first-order chi connectivity index (χ1) is 9.15. The highest BCUT2D eigenvalue weighted by Crippen LogP contribution is 2.26. The molecular weight excluding hydrogens is 240 g/mol. The zero-order valence-electron chi connectivity index (χ0n) is 11.6. The maximum absolute atomic E-state index is 10.8. The number of aliphatic hydroxyl groups excluding tert-OH is 1. The molecule has 0 aromatic carbocycles. The molecule has 1 aliphatic heterocycles. The van der Waals surface area contributed by atoms with Crippen molar-refractivity contribution in [3.8, 4) is 0 Å². The second kappa shape index (κ2) is 6.87. The third kappa shape index (κ3) is 4.48. The second-order valence-electron chi connectivity index (χ2n) is 5.51. The zero-order chi connectivity index (χ0) is 13.7. The summed E-state index contributed by atoms with van der Waals surface area (Å²) in [5.41, 5.74) is 3.01. The van der Waals surface area contributed by atoms with Crippen molar-refractivity contribution in [2.75, 3.05) is 13.1 Å². The van der Waals surface area contributed by atoms with Gasteiger partial charge in [-0.05, 0) is 37.7 Å². The van der Waals surface area contributed by atoms with E-state index < -0.39 is 6.10 Å². The van der Waals surface area contributed by atoms with Crippen molar-refractivity contribution in [2.24, 2.45) is 0 Å². The maximum atomic E-state index is 10.8. The van der Waals surface area contributed by atoms with Crippen molar-refractivity contribution in [2.45, 2.75) is 51.2 Å². The second-order valence-corrected chi connectivity index (χ2v) is 5.51. The summed E-state index contributed by atoms with van der Waals surface area (Å²) in [5.74, 6) is -0.0878. The number of allylic oxidation sites excluding steroid dienone is 2. The summed E-state index contributed by atoms with van der Waals surface area (Å²) in [5, 5.41) is 16.1. The third-order valence-corrected chi connectivity index (χ3v) is 3.90. The van der Waals surface area contributed by atoms with E-state index in [2.05, 4.69) is 22.8 Å². The zero-order valence-corrected chi connectivity index (χ0v) is 11.6. The van der Waals surface area contributed by atoms with Crippen LogP contribution in [0.5, 0.6) is 0 Å². The lowest BCUT2D eigenvalue weighted by Crippen LogP contribution is -2.37. The fourth-order valence-electron chi connectivity index (χ4n) is 2.81. The lowest BCUT2D eigenvalue weighted by atomic mass is 9.94. The van der Waals surface area contributed by atoms with Crippen LogP contribution in [0.2, 0.25) is 0 Å². The van der Waals surface area contributed by atoms with Gasteiger partial charge in [0, 0.05) is 26.1 Å². The van der Waals surface area contributed by atoms with Crippen LogP contribution in [0, 0.1) is 0 Å². The molecule has 2 unspecified atom stereocenters. The van der Waals surface area contributed by atoms with Crippen LogP contribution in [-0.2, 0) is 4.79 Å². The highest BCUT2D eigenvalue weighted by atomic mass is 16.3. The van der Waals surface area contributed by atoms with Gasteiger partial charge in [0.1, 0.15) is 0 Å². The summed E-state index contributed by atoms with van der Waals surface area (Å²) in [6, 6.07) is 0.336. The van der Waals surface area contributed by atoms with E-state index in [0.29, 0.717) is 19.0 Å². The first-order valence-electron chi connectivity index (χ1n) is 7.18. The largest absolute Gasteiger partial charge is 0.391 e. The highest BCUT2D eigenvalue weighted by Gasteiger charge is 2.20. The molecule has 19 heavy (non-hydrogen) atoms. The minimum Gasteiger partial charge on any atom is -0.391 e. The number of hydrogen-bond donors (Lipinski definition) is 3. The molecule has 0 bridgehead atoms. The molecule has 0 spiro atoms. The molecule has 1 heterocycles. The molecule has 0 saturated heterocycles. The fraction of sp³-hybridized carbons (Fsp3) is 0.667. The van der Waals surface area contributed by atoms with Crippen LogP contribution in [0.1, 0.15) is 39.0 Å². The van der Waals surface area contributed by atoms with Crippen LogP contribution in [0.3, 0.4) is 0 Å². The van der Waals surface area contributed by atoms with Gasteiger partial charge in [-0.1, -0.05) is 17.7 Å². The Morgan fingerprint density at radius 3 is 3.21 bits per heavy atom. The van der Waals surface area contributed by atoms with Crippen molar-refractivity contribution < 1.29 is 9.90 Å². The van der Waals surface area contributed by atoms with Gasteiger partial charge in [-0.15, -0.1) is 0 Å². The molecule has 4 heteroatoms. The molecule has 0 aromatic heterocycles. The number of hydrogen-bond acceptors (Lipinski definition) is 3. The molecule has 0 fully saturated rings. The molecule has 106 valence electrons. The van der Waals surface area contributed by atoms with Gasteiger partial charge in [-0.25, -0.2) is 0 Å². The smallest absolute Gasteiger partial charge is 0.216 e. The van der Waals surface area contributed by atoms with Gasteiger partial charge in [0.05, 0.1) is 6.10 Å². The molecule has 4 nitrogen and oxygen atoms in total. The quantitative estimate of drug-likeness (QED) is 0.716. The van der Waals surface area contributed by atoms with Crippen molar-refractivity contribution in [1.82, 2.24) is 10.6 Å². The summed E-state index contributed by atoms with van der Waals surface area (Å²) < 4.78 is 0. The number of rotatable bonds is 4. The third-order valence-electron chi connectivity index (χ3n) is 3.90. The molecule has 2 rings (SSSR count). The lowest BCUT2D eigenvalue weighted by Gasteiger charge is -2.20. The van der Waals surface area contributed by atoms with Gasteiger partial charge in [0.15, 0.2) is 0 Å². The average molecular weight is 264 g/mol. The Balaban J connectivity index is 1.78. The molecule has 1 amide bonds. The summed E-state index contributed by atoms with van der Waals surface area (Å²) in [6.07, 6.45) is 9.27. The van der Waals surface area contributed by atoms with Gasteiger partial charge in [0.25, 0.3) is 0 Å². The van der Waals surface area contributed by atoms with E-state index >= 15 is 0 Å². The van der Waals surface area contributed by atoms with Crippen LogP contribution < -0.4 is 10.6 Å². The van der Waals surface area contributed by atoms with E-state index in [-0.39, 0.29) is 5.91 Å². The van der Waals surface area contributed by atoms with Crippen molar-refractivity contribution in [3.63, 3.8) is 0 Å². The Hall–Kier alpha value is -1.13. The Morgan fingerprint density at radius 2 is 2.42 bits per heavy atom. The van der Waals surface area contributed by atoms with E-state index in [4.69, 9.17) is 0 Å². The monoisotopic (exact) mass is 264 g/mol. The first kappa shape index (κ1) is 14.3. The van der Waals surface area contributed by atoms with Crippen molar-refractivity contribution in [1.29, 1.82) is 0 Å². The van der Waals surface area contributed by atoms with Crippen LogP contribution in [-0.4, -0.2) is 36.2 Å². The van der Waals surface area contributed by atoms with Crippen LogP contribution in [0.25, 0.3) is 0 Å². The van der Waals surface area contributed by atoms with E-state index in [1.807, 2.05) is 0 Å². The Morgan fingerprint density at radius 1 is 1.58 bits per heavy atom. The van der Waals surface area contributed by atoms with Crippen LogP contribution in [0.4, 0.5) is 0 Å². The predicted molar refractivity (Wildman–Crippen MR) is 75.7 cm³/mol. The van der Waals surface area contributed by atoms with Crippen molar-refractivity contribution >= 4 is 5.91 Å². The molecule has 2 aliphatic rings. The van der Waals surface area contributed by atoms with E-state index in [1.54, 1.807) is 5.57 Å². The van der Waals surface area contributed by atoms with Gasteiger partial charge < -0.3 is 15.7 Å². The number of carbonyl (C=O) groups is 1. The summed E-state index contributed by atoms with van der Waals surface area (Å²) >= 11 is 0. The fourth-order valence-corrected chi connectivity index (χ4v) is 2.81. The molecule has 0 saturated carbocycles. The maximum Gasteiger partial charge on any atom is 0.216 e.